The zero-order valence-electron chi connectivity index (χ0n) is 10.6. The smallest absolute Gasteiger partial charge is 0.237 e. The van der Waals surface area contributed by atoms with Crippen molar-refractivity contribution in [1.82, 2.24) is 9.78 Å². The number of aromatic nitrogens is 2. The number of aryl methyl sites for hydroxylation is 1. The van der Waals surface area contributed by atoms with Crippen LogP contribution in [0, 0.1) is 0 Å². The van der Waals surface area contributed by atoms with Gasteiger partial charge in [0.1, 0.15) is 11.7 Å². The zero-order chi connectivity index (χ0) is 13.2. The molecule has 0 fully saturated rings. The van der Waals surface area contributed by atoms with E-state index < -0.39 is 0 Å². The van der Waals surface area contributed by atoms with Gasteiger partial charge in [0.2, 0.25) is 5.91 Å². The van der Waals surface area contributed by atoms with E-state index in [1.165, 1.54) is 0 Å². The maximum Gasteiger partial charge on any atom is 0.237 e. The van der Waals surface area contributed by atoms with Crippen molar-refractivity contribution in [2.75, 3.05) is 5.32 Å². The largest absolute Gasteiger partial charge is 0.325 e. The van der Waals surface area contributed by atoms with Gasteiger partial charge in [0, 0.05) is 24.5 Å². The maximum absolute atomic E-state index is 11.9. The summed E-state index contributed by atoms with van der Waals surface area (Å²) in [6.45, 7) is 2.76. The van der Waals surface area contributed by atoms with Crippen molar-refractivity contribution < 1.29 is 4.79 Å². The Hall–Kier alpha value is -2.43. The Morgan fingerprint density at radius 3 is 3.11 bits per heavy atom. The van der Waals surface area contributed by atoms with Crippen molar-refractivity contribution in [1.29, 1.82) is 0 Å². The van der Waals surface area contributed by atoms with E-state index in [1.807, 2.05) is 37.3 Å². The number of anilines is 1. The van der Waals surface area contributed by atoms with Gasteiger partial charge in [-0.25, -0.2) is 9.67 Å². The Bertz CT molecular complexity index is 644. The van der Waals surface area contributed by atoms with Crippen molar-refractivity contribution in [3.05, 3.63) is 42.1 Å². The third-order valence-corrected chi connectivity index (χ3v) is 3.19. The minimum absolute atomic E-state index is 0.0347. The van der Waals surface area contributed by atoms with Gasteiger partial charge >= 0.3 is 0 Å². The van der Waals surface area contributed by atoms with Gasteiger partial charge in [0.25, 0.3) is 0 Å². The number of amides is 1. The van der Waals surface area contributed by atoms with Gasteiger partial charge in [-0.05, 0) is 18.6 Å². The second-order valence-corrected chi connectivity index (χ2v) is 4.34. The van der Waals surface area contributed by atoms with Crippen LogP contribution in [0.2, 0.25) is 0 Å². The second-order valence-electron chi connectivity index (χ2n) is 4.34. The molecule has 0 spiro atoms. The SMILES string of the molecule is CCn1nccc1N=CC1C(=O)Nc2ccccc21. The van der Waals surface area contributed by atoms with E-state index in [0.29, 0.717) is 0 Å². The molecule has 0 saturated heterocycles. The lowest BCUT2D eigenvalue weighted by molar-refractivity contribution is -0.115. The predicted molar refractivity (Wildman–Crippen MR) is 73.9 cm³/mol. The lowest BCUT2D eigenvalue weighted by Crippen LogP contribution is -2.13. The Balaban J connectivity index is 1.90. The molecule has 1 aliphatic rings. The summed E-state index contributed by atoms with van der Waals surface area (Å²) in [6, 6.07) is 9.51. The molecule has 1 atom stereocenters. The molecule has 3 rings (SSSR count). The van der Waals surface area contributed by atoms with Crippen LogP contribution in [0.15, 0.2) is 41.5 Å². The molecule has 96 valence electrons. The van der Waals surface area contributed by atoms with Crippen LogP contribution in [0.25, 0.3) is 0 Å². The molecule has 0 aliphatic carbocycles. The van der Waals surface area contributed by atoms with Crippen LogP contribution in [0.1, 0.15) is 18.4 Å². The highest BCUT2D eigenvalue weighted by Gasteiger charge is 2.28. The first kappa shape index (κ1) is 11.6. The van der Waals surface area contributed by atoms with Crippen molar-refractivity contribution in [2.24, 2.45) is 4.99 Å². The van der Waals surface area contributed by atoms with E-state index in [0.717, 1.165) is 23.6 Å². The minimum atomic E-state index is -0.323. The monoisotopic (exact) mass is 254 g/mol. The Kier molecular flexibility index (Phi) is 2.87. The number of carbonyl (C=O) groups is 1. The fourth-order valence-corrected chi connectivity index (χ4v) is 2.21. The van der Waals surface area contributed by atoms with Crippen LogP contribution in [-0.2, 0) is 11.3 Å². The molecule has 1 aliphatic heterocycles. The highest BCUT2D eigenvalue weighted by atomic mass is 16.2. The molecule has 2 heterocycles. The first-order valence-electron chi connectivity index (χ1n) is 6.25. The van der Waals surface area contributed by atoms with E-state index in [9.17, 15) is 4.79 Å². The van der Waals surface area contributed by atoms with Gasteiger partial charge in [-0.1, -0.05) is 18.2 Å². The number of rotatable bonds is 3. The Morgan fingerprint density at radius 1 is 1.42 bits per heavy atom. The quantitative estimate of drug-likeness (QED) is 0.855. The number of para-hydroxylation sites is 1. The maximum atomic E-state index is 11.9. The van der Waals surface area contributed by atoms with Crippen molar-refractivity contribution >= 4 is 23.6 Å². The number of nitrogens with zero attached hydrogens (tertiary/aromatic N) is 3. The highest BCUT2D eigenvalue weighted by Crippen LogP contribution is 2.31. The number of hydrogen-bond donors (Lipinski definition) is 1. The summed E-state index contributed by atoms with van der Waals surface area (Å²) in [5.74, 6) is 0.406. The number of carbonyl (C=O) groups excluding carboxylic acids is 1. The third kappa shape index (κ3) is 2.03. The summed E-state index contributed by atoms with van der Waals surface area (Å²) in [5.41, 5.74) is 1.84. The first-order chi connectivity index (χ1) is 9.29. The molecule has 1 unspecified atom stereocenters. The average Bonchev–Trinajstić information content (AvgIpc) is 2.99. The van der Waals surface area contributed by atoms with Crippen LogP contribution in [0.3, 0.4) is 0 Å². The molecule has 0 radical (unpaired) electrons. The molecular weight excluding hydrogens is 240 g/mol. The molecule has 19 heavy (non-hydrogen) atoms. The molecule has 5 nitrogen and oxygen atoms in total. The summed E-state index contributed by atoms with van der Waals surface area (Å²) in [6.07, 6.45) is 3.39. The van der Waals surface area contributed by atoms with Crippen LogP contribution in [-0.4, -0.2) is 21.9 Å². The molecule has 0 bridgehead atoms. The van der Waals surface area contributed by atoms with E-state index in [4.69, 9.17) is 0 Å². The number of hydrogen-bond acceptors (Lipinski definition) is 3. The lowest BCUT2D eigenvalue weighted by atomic mass is 10.0. The van der Waals surface area contributed by atoms with E-state index >= 15 is 0 Å². The molecule has 0 saturated carbocycles. The molecule has 1 amide bonds. The van der Waals surface area contributed by atoms with Crippen molar-refractivity contribution in [3.63, 3.8) is 0 Å². The lowest BCUT2D eigenvalue weighted by Gasteiger charge is -2.02. The molecular formula is C14H14N4O. The van der Waals surface area contributed by atoms with Crippen LogP contribution >= 0.6 is 0 Å². The number of aliphatic imine (C=N–C) groups is 1. The normalized spacial score (nSPS) is 17.7. The Morgan fingerprint density at radius 2 is 2.26 bits per heavy atom. The molecule has 1 N–H and O–H groups in total. The second kappa shape index (κ2) is 4.68. The van der Waals surface area contributed by atoms with E-state index in [-0.39, 0.29) is 11.8 Å². The molecule has 2 aromatic rings. The third-order valence-electron chi connectivity index (χ3n) is 3.19. The zero-order valence-corrected chi connectivity index (χ0v) is 10.6. The van der Waals surface area contributed by atoms with Gasteiger partial charge in [-0.3, -0.25) is 4.79 Å². The highest BCUT2D eigenvalue weighted by molar-refractivity contribution is 6.12. The fourth-order valence-electron chi connectivity index (χ4n) is 2.21. The van der Waals surface area contributed by atoms with Gasteiger partial charge < -0.3 is 5.32 Å². The van der Waals surface area contributed by atoms with Gasteiger partial charge in [-0.15, -0.1) is 0 Å². The van der Waals surface area contributed by atoms with Crippen LogP contribution in [0.5, 0.6) is 0 Å². The van der Waals surface area contributed by atoms with Crippen LogP contribution < -0.4 is 5.32 Å². The molecule has 1 aromatic carbocycles. The Labute approximate surface area is 111 Å². The van der Waals surface area contributed by atoms with Crippen molar-refractivity contribution in [3.8, 4) is 0 Å². The minimum Gasteiger partial charge on any atom is -0.325 e. The van der Waals surface area contributed by atoms with Gasteiger partial charge in [0.05, 0.1) is 6.20 Å². The standard InChI is InChI=1S/C14H14N4O/c1-2-18-13(7-8-16-18)15-9-11-10-5-3-4-6-12(10)17-14(11)19/h3-9,11H,2H2,1H3,(H,17,19). The molecule has 5 heteroatoms. The van der Waals surface area contributed by atoms with E-state index in [1.54, 1.807) is 17.1 Å². The number of nitrogens with one attached hydrogen (secondary N) is 1. The number of fused-ring (bicyclic) bond motifs is 1. The number of benzene rings is 1. The average molecular weight is 254 g/mol. The fraction of sp³-hybridized carbons (Fsp3) is 0.214. The molecule has 1 aromatic heterocycles. The summed E-state index contributed by atoms with van der Waals surface area (Å²) in [7, 11) is 0. The summed E-state index contributed by atoms with van der Waals surface area (Å²) in [5, 5.41) is 7.00. The summed E-state index contributed by atoms with van der Waals surface area (Å²) in [4.78, 5) is 16.3. The van der Waals surface area contributed by atoms with Crippen LogP contribution in [0.4, 0.5) is 11.5 Å². The first-order valence-corrected chi connectivity index (χ1v) is 6.25. The van der Waals surface area contributed by atoms with E-state index in [2.05, 4.69) is 15.4 Å². The summed E-state index contributed by atoms with van der Waals surface area (Å²) < 4.78 is 1.79. The topological polar surface area (TPSA) is 59.3 Å². The van der Waals surface area contributed by atoms with Crippen molar-refractivity contribution in [2.45, 2.75) is 19.4 Å². The van der Waals surface area contributed by atoms with Gasteiger partial charge in [-0.2, -0.15) is 5.10 Å². The van der Waals surface area contributed by atoms with Gasteiger partial charge in [0.15, 0.2) is 0 Å². The predicted octanol–water partition coefficient (Wildman–Crippen LogP) is 2.34. The summed E-state index contributed by atoms with van der Waals surface area (Å²) >= 11 is 0.